The Kier molecular flexibility index (Phi) is 6.02. The van der Waals surface area contributed by atoms with Crippen LogP contribution in [0.2, 0.25) is 0 Å². The summed E-state index contributed by atoms with van der Waals surface area (Å²) in [5.41, 5.74) is 1.61. The van der Waals surface area contributed by atoms with Crippen molar-refractivity contribution in [1.82, 2.24) is 5.32 Å². The van der Waals surface area contributed by atoms with Gasteiger partial charge in [0.1, 0.15) is 0 Å². The van der Waals surface area contributed by atoms with Gasteiger partial charge in [0.15, 0.2) is 0 Å². The predicted molar refractivity (Wildman–Crippen MR) is 77.3 cm³/mol. The molecule has 1 aromatic rings. The first-order valence-corrected chi connectivity index (χ1v) is 6.99. The van der Waals surface area contributed by atoms with E-state index in [1.54, 1.807) is 6.07 Å². The first-order chi connectivity index (χ1) is 8.91. The van der Waals surface area contributed by atoms with Gasteiger partial charge in [0.2, 0.25) is 0 Å². The van der Waals surface area contributed by atoms with Gasteiger partial charge < -0.3 is 10.4 Å². The quantitative estimate of drug-likeness (QED) is 0.843. The second kappa shape index (κ2) is 7.28. The Morgan fingerprint density at radius 3 is 2.74 bits per heavy atom. The van der Waals surface area contributed by atoms with Crippen molar-refractivity contribution in [2.75, 3.05) is 0 Å². The normalized spacial score (nSPS) is 11.9. The van der Waals surface area contributed by atoms with E-state index in [4.69, 9.17) is 5.11 Å². The van der Waals surface area contributed by atoms with Crippen LogP contribution in [0.4, 0.5) is 0 Å². The number of halogens is 1. The van der Waals surface area contributed by atoms with E-state index in [-0.39, 0.29) is 18.4 Å². The molecule has 0 aliphatic rings. The summed E-state index contributed by atoms with van der Waals surface area (Å²) in [5, 5.41) is 11.4. The third kappa shape index (κ3) is 5.03. The summed E-state index contributed by atoms with van der Waals surface area (Å²) < 4.78 is 0.797. The Labute approximate surface area is 121 Å². The molecule has 0 saturated carbocycles. The molecule has 104 valence electrons. The molecule has 0 aromatic heterocycles. The fourth-order valence-electron chi connectivity index (χ4n) is 1.76. The molecular weight excluding hydrogens is 310 g/mol. The lowest BCUT2D eigenvalue weighted by Gasteiger charge is -2.14. The molecule has 1 unspecified atom stereocenters. The first-order valence-electron chi connectivity index (χ1n) is 6.19. The van der Waals surface area contributed by atoms with Gasteiger partial charge >= 0.3 is 5.97 Å². The van der Waals surface area contributed by atoms with Gasteiger partial charge in [-0.15, -0.1) is 0 Å². The Hall–Kier alpha value is -1.36. The van der Waals surface area contributed by atoms with E-state index in [1.807, 2.05) is 26.0 Å². The zero-order valence-corrected chi connectivity index (χ0v) is 12.7. The maximum absolute atomic E-state index is 12.1. The van der Waals surface area contributed by atoms with Crippen LogP contribution in [-0.2, 0) is 4.79 Å². The zero-order valence-electron chi connectivity index (χ0n) is 11.1. The number of carboxylic acids is 1. The molecule has 0 aliphatic carbocycles. The second-order valence-electron chi connectivity index (χ2n) is 4.60. The van der Waals surface area contributed by atoms with E-state index in [0.717, 1.165) is 10.0 Å². The van der Waals surface area contributed by atoms with Crippen molar-refractivity contribution in [3.05, 3.63) is 33.8 Å². The SMILES string of the molecule is Cc1cccc(C(=O)NC(C)CCCC(=O)O)c1Br. The highest BCUT2D eigenvalue weighted by Gasteiger charge is 2.13. The minimum Gasteiger partial charge on any atom is -0.481 e. The number of carbonyl (C=O) groups excluding carboxylic acids is 1. The average Bonchev–Trinajstić information content (AvgIpc) is 2.31. The number of carbonyl (C=O) groups is 2. The maximum atomic E-state index is 12.1. The Balaban J connectivity index is 2.54. The molecule has 1 aromatic carbocycles. The topological polar surface area (TPSA) is 66.4 Å². The molecule has 2 N–H and O–H groups in total. The molecule has 0 heterocycles. The van der Waals surface area contributed by atoms with E-state index < -0.39 is 5.97 Å². The number of carboxylic acid groups (broad SMARTS) is 1. The van der Waals surface area contributed by atoms with Gasteiger partial charge in [0, 0.05) is 16.9 Å². The number of aliphatic carboxylic acids is 1. The lowest BCUT2D eigenvalue weighted by atomic mass is 10.1. The highest BCUT2D eigenvalue weighted by Crippen LogP contribution is 2.21. The fourth-order valence-corrected chi connectivity index (χ4v) is 2.20. The standard InChI is InChI=1S/C14H18BrNO3/c1-9-5-3-7-11(13(9)15)14(19)16-10(2)6-4-8-12(17)18/h3,5,7,10H,4,6,8H2,1-2H3,(H,16,19)(H,17,18). The van der Waals surface area contributed by atoms with Crippen LogP contribution in [0, 0.1) is 6.92 Å². The minimum absolute atomic E-state index is 0.0423. The van der Waals surface area contributed by atoms with Crippen molar-refractivity contribution in [1.29, 1.82) is 0 Å². The summed E-state index contributed by atoms with van der Waals surface area (Å²) in [5.74, 6) is -0.946. The van der Waals surface area contributed by atoms with E-state index in [0.29, 0.717) is 18.4 Å². The lowest BCUT2D eigenvalue weighted by Crippen LogP contribution is -2.32. The molecular formula is C14H18BrNO3. The minimum atomic E-state index is -0.806. The summed E-state index contributed by atoms with van der Waals surface area (Å²) in [6.07, 6.45) is 1.35. The average molecular weight is 328 g/mol. The van der Waals surface area contributed by atoms with E-state index >= 15 is 0 Å². The number of rotatable bonds is 6. The van der Waals surface area contributed by atoms with Gasteiger partial charge in [0.25, 0.3) is 5.91 Å². The van der Waals surface area contributed by atoms with Crippen molar-refractivity contribution < 1.29 is 14.7 Å². The predicted octanol–water partition coefficient (Wildman–Crippen LogP) is 3.13. The van der Waals surface area contributed by atoms with Gasteiger partial charge in [-0.3, -0.25) is 9.59 Å². The number of aryl methyl sites for hydroxylation is 1. The molecule has 0 aliphatic heterocycles. The van der Waals surface area contributed by atoms with Crippen LogP contribution in [0.25, 0.3) is 0 Å². The van der Waals surface area contributed by atoms with Crippen LogP contribution >= 0.6 is 15.9 Å². The van der Waals surface area contributed by atoms with Crippen molar-refractivity contribution in [2.45, 2.75) is 39.2 Å². The zero-order chi connectivity index (χ0) is 14.4. The lowest BCUT2D eigenvalue weighted by molar-refractivity contribution is -0.137. The van der Waals surface area contributed by atoms with Gasteiger partial charge in [-0.05, 0) is 54.2 Å². The molecule has 0 bridgehead atoms. The van der Waals surface area contributed by atoms with Crippen molar-refractivity contribution in [2.24, 2.45) is 0 Å². The third-order valence-electron chi connectivity index (χ3n) is 2.84. The van der Waals surface area contributed by atoms with Gasteiger partial charge in [-0.2, -0.15) is 0 Å². The molecule has 1 rings (SSSR count). The van der Waals surface area contributed by atoms with E-state index in [2.05, 4.69) is 21.2 Å². The fraction of sp³-hybridized carbons (Fsp3) is 0.429. The number of amides is 1. The number of hydrogen-bond acceptors (Lipinski definition) is 2. The maximum Gasteiger partial charge on any atom is 0.303 e. The van der Waals surface area contributed by atoms with E-state index in [9.17, 15) is 9.59 Å². The highest BCUT2D eigenvalue weighted by atomic mass is 79.9. The molecule has 0 radical (unpaired) electrons. The van der Waals surface area contributed by atoms with Gasteiger partial charge in [0.05, 0.1) is 5.56 Å². The van der Waals surface area contributed by atoms with E-state index in [1.165, 1.54) is 0 Å². The molecule has 0 fully saturated rings. The van der Waals surface area contributed by atoms with Crippen LogP contribution in [0.15, 0.2) is 22.7 Å². The van der Waals surface area contributed by atoms with Crippen molar-refractivity contribution in [3.63, 3.8) is 0 Å². The molecule has 5 heteroatoms. The third-order valence-corrected chi connectivity index (χ3v) is 3.89. The molecule has 0 saturated heterocycles. The van der Waals surface area contributed by atoms with Crippen molar-refractivity contribution >= 4 is 27.8 Å². The van der Waals surface area contributed by atoms with Crippen LogP contribution < -0.4 is 5.32 Å². The van der Waals surface area contributed by atoms with Gasteiger partial charge in [-0.25, -0.2) is 0 Å². The summed E-state index contributed by atoms with van der Waals surface area (Å²) in [7, 11) is 0. The number of nitrogens with one attached hydrogen (secondary N) is 1. The first kappa shape index (κ1) is 15.7. The molecule has 0 spiro atoms. The van der Waals surface area contributed by atoms with Crippen molar-refractivity contribution in [3.8, 4) is 0 Å². The summed E-state index contributed by atoms with van der Waals surface area (Å²) >= 11 is 3.40. The summed E-state index contributed by atoms with van der Waals surface area (Å²) in [6, 6.07) is 5.48. The largest absolute Gasteiger partial charge is 0.481 e. The smallest absolute Gasteiger partial charge is 0.303 e. The summed E-state index contributed by atoms with van der Waals surface area (Å²) in [4.78, 5) is 22.5. The number of hydrogen-bond donors (Lipinski definition) is 2. The Morgan fingerprint density at radius 2 is 2.11 bits per heavy atom. The molecule has 19 heavy (non-hydrogen) atoms. The Bertz CT molecular complexity index is 474. The van der Waals surface area contributed by atoms with Crippen LogP contribution in [0.5, 0.6) is 0 Å². The van der Waals surface area contributed by atoms with Crippen LogP contribution in [0.1, 0.15) is 42.1 Å². The molecule has 4 nitrogen and oxygen atoms in total. The summed E-state index contributed by atoms with van der Waals surface area (Å²) in [6.45, 7) is 3.81. The Morgan fingerprint density at radius 1 is 1.42 bits per heavy atom. The highest BCUT2D eigenvalue weighted by molar-refractivity contribution is 9.10. The van der Waals surface area contributed by atoms with Crippen LogP contribution in [-0.4, -0.2) is 23.0 Å². The molecule has 1 atom stereocenters. The monoisotopic (exact) mass is 327 g/mol. The van der Waals surface area contributed by atoms with Gasteiger partial charge in [-0.1, -0.05) is 12.1 Å². The van der Waals surface area contributed by atoms with Crippen LogP contribution in [0.3, 0.4) is 0 Å². The molecule has 1 amide bonds. The second-order valence-corrected chi connectivity index (χ2v) is 5.39. The number of benzene rings is 1.